The van der Waals surface area contributed by atoms with Crippen LogP contribution in [-0.2, 0) is 15.5 Å². The van der Waals surface area contributed by atoms with Gasteiger partial charge in [0.25, 0.3) is 6.17 Å². The topological polar surface area (TPSA) is 49.4 Å². The van der Waals surface area contributed by atoms with Gasteiger partial charge in [-0.3, -0.25) is 0 Å². The third kappa shape index (κ3) is 3.91. The summed E-state index contributed by atoms with van der Waals surface area (Å²) in [4.78, 5) is 0. The lowest BCUT2D eigenvalue weighted by Crippen LogP contribution is -2.43. The molecule has 0 aliphatic heterocycles. The number of hydrogen-bond donors (Lipinski definition) is 0. The highest BCUT2D eigenvalue weighted by Crippen LogP contribution is 2.35. The molecule has 0 aliphatic rings. The second kappa shape index (κ2) is 3.80. The molecule has 80 valence electrons. The smallest absolute Gasteiger partial charge is 0.428 e. The van der Waals surface area contributed by atoms with Gasteiger partial charge in [0.15, 0.2) is 0 Å². The first kappa shape index (κ1) is 12.7. The van der Waals surface area contributed by atoms with E-state index < -0.39 is 29.8 Å². The van der Waals surface area contributed by atoms with E-state index in [4.69, 9.17) is 0 Å². The van der Waals surface area contributed by atoms with Gasteiger partial charge >= 0.3 is 12.3 Å². The van der Waals surface area contributed by atoms with Crippen LogP contribution in [0.2, 0.25) is 0 Å². The summed E-state index contributed by atoms with van der Waals surface area (Å²) in [6.07, 6.45) is -16.0. The van der Waals surface area contributed by atoms with Gasteiger partial charge in [-0.1, -0.05) is 0 Å². The van der Waals surface area contributed by atoms with Gasteiger partial charge in [0, 0.05) is 0 Å². The summed E-state index contributed by atoms with van der Waals surface area (Å²) in [7, 11) is 0. The zero-order valence-electron chi connectivity index (χ0n) is 5.48. The van der Waals surface area contributed by atoms with Crippen LogP contribution in [0.4, 0.5) is 26.3 Å². The molecule has 0 bridgehead atoms. The third-order valence-corrected chi connectivity index (χ3v) is 1.12. The molecule has 0 aromatic carbocycles. The van der Waals surface area contributed by atoms with E-state index in [1.165, 1.54) is 0 Å². The highest BCUT2D eigenvalue weighted by Gasteiger charge is 2.58. The standard InChI is InChI=1S/C3H2F6O3S/c4-1(2(5,6)7)3(8,9)12-13(10)11/h1H,(H,10,11)/p-1. The van der Waals surface area contributed by atoms with E-state index in [1.54, 1.807) is 0 Å². The van der Waals surface area contributed by atoms with Crippen molar-refractivity contribution in [2.24, 2.45) is 0 Å². The van der Waals surface area contributed by atoms with Crippen LogP contribution >= 0.6 is 0 Å². The summed E-state index contributed by atoms with van der Waals surface area (Å²) < 4.78 is 90.5. The molecule has 2 atom stereocenters. The van der Waals surface area contributed by atoms with Crippen molar-refractivity contribution in [3.8, 4) is 0 Å². The normalized spacial score (nSPS) is 18.4. The van der Waals surface area contributed by atoms with Gasteiger partial charge < -0.3 is 4.55 Å². The van der Waals surface area contributed by atoms with Crippen LogP contribution < -0.4 is 0 Å². The molecule has 0 spiro atoms. The van der Waals surface area contributed by atoms with E-state index in [2.05, 4.69) is 4.18 Å². The largest absolute Gasteiger partial charge is 0.750 e. The number of alkyl halides is 6. The van der Waals surface area contributed by atoms with Gasteiger partial charge in [-0.05, 0) is 0 Å². The Hall–Kier alpha value is -0.350. The van der Waals surface area contributed by atoms with Crippen molar-refractivity contribution in [3.05, 3.63) is 0 Å². The molecule has 0 N–H and O–H groups in total. The molecule has 0 aromatic heterocycles. The summed E-state index contributed by atoms with van der Waals surface area (Å²) in [5, 5.41) is 0. The molecule has 2 unspecified atom stereocenters. The van der Waals surface area contributed by atoms with Gasteiger partial charge in [0.2, 0.25) is 0 Å². The fourth-order valence-corrected chi connectivity index (χ4v) is 0.589. The summed E-state index contributed by atoms with van der Waals surface area (Å²) in [5.41, 5.74) is 0. The second-order valence-corrected chi connectivity index (χ2v) is 2.33. The minimum absolute atomic E-state index is 2.41. The molecule has 13 heavy (non-hydrogen) atoms. The lowest BCUT2D eigenvalue weighted by molar-refractivity contribution is -0.303. The maximum absolute atomic E-state index is 11.9. The Kier molecular flexibility index (Phi) is 3.70. The fourth-order valence-electron chi connectivity index (χ4n) is 0.323. The predicted molar refractivity (Wildman–Crippen MR) is 25.9 cm³/mol. The molecular weight excluding hydrogens is 230 g/mol. The maximum atomic E-state index is 11.9. The van der Waals surface area contributed by atoms with Crippen LogP contribution in [-0.4, -0.2) is 27.2 Å². The SMILES string of the molecule is O=S([O-])OC(F)(F)C(F)C(F)(F)F. The van der Waals surface area contributed by atoms with Gasteiger partial charge in [-0.2, -0.15) is 22.0 Å². The van der Waals surface area contributed by atoms with E-state index in [9.17, 15) is 35.1 Å². The minimum Gasteiger partial charge on any atom is -0.750 e. The molecule has 0 saturated carbocycles. The third-order valence-electron chi connectivity index (χ3n) is 0.762. The van der Waals surface area contributed by atoms with E-state index >= 15 is 0 Å². The van der Waals surface area contributed by atoms with Crippen molar-refractivity contribution in [1.29, 1.82) is 0 Å². The molecule has 10 heteroatoms. The Bertz CT molecular complexity index is 202. The van der Waals surface area contributed by atoms with Crippen LogP contribution in [0.25, 0.3) is 0 Å². The first-order valence-corrected chi connectivity index (χ1v) is 3.44. The van der Waals surface area contributed by atoms with Gasteiger partial charge in [-0.25, -0.2) is 12.8 Å². The second-order valence-electron chi connectivity index (χ2n) is 1.75. The van der Waals surface area contributed by atoms with Crippen LogP contribution in [0.3, 0.4) is 0 Å². The Labute approximate surface area is 70.2 Å². The first-order valence-electron chi connectivity index (χ1n) is 2.44. The summed E-state index contributed by atoms with van der Waals surface area (Å²) in [5.74, 6) is 0. The number of halogens is 6. The summed E-state index contributed by atoms with van der Waals surface area (Å²) in [6.45, 7) is 0. The van der Waals surface area contributed by atoms with E-state index in [1.807, 2.05) is 0 Å². The monoisotopic (exact) mass is 231 g/mol. The van der Waals surface area contributed by atoms with Crippen LogP contribution in [0.15, 0.2) is 0 Å². The zero-order valence-corrected chi connectivity index (χ0v) is 6.29. The lowest BCUT2D eigenvalue weighted by Gasteiger charge is -2.22. The van der Waals surface area contributed by atoms with Crippen LogP contribution in [0.5, 0.6) is 0 Å². The average molecular weight is 231 g/mol. The van der Waals surface area contributed by atoms with Crippen LogP contribution in [0.1, 0.15) is 0 Å². The Balaban J connectivity index is 4.54. The van der Waals surface area contributed by atoms with Crippen molar-refractivity contribution in [3.63, 3.8) is 0 Å². The van der Waals surface area contributed by atoms with Crippen molar-refractivity contribution in [2.45, 2.75) is 18.5 Å². The maximum Gasteiger partial charge on any atom is 0.428 e. The molecule has 0 heterocycles. The van der Waals surface area contributed by atoms with Crippen molar-refractivity contribution in [2.75, 3.05) is 0 Å². The van der Waals surface area contributed by atoms with Gasteiger partial charge in [0.1, 0.15) is 0 Å². The summed E-state index contributed by atoms with van der Waals surface area (Å²) >= 11 is -3.93. The van der Waals surface area contributed by atoms with E-state index in [-0.39, 0.29) is 0 Å². The highest BCUT2D eigenvalue weighted by molar-refractivity contribution is 7.74. The molecule has 3 nitrogen and oxygen atoms in total. The van der Waals surface area contributed by atoms with Gasteiger partial charge in [-0.15, -0.1) is 0 Å². The van der Waals surface area contributed by atoms with Gasteiger partial charge in [0.05, 0.1) is 11.4 Å². The van der Waals surface area contributed by atoms with Crippen LogP contribution in [0, 0.1) is 0 Å². The van der Waals surface area contributed by atoms with Crippen molar-refractivity contribution >= 4 is 11.4 Å². The summed E-state index contributed by atoms with van der Waals surface area (Å²) in [6, 6.07) is 0. The molecule has 0 radical (unpaired) electrons. The van der Waals surface area contributed by atoms with E-state index in [0.29, 0.717) is 0 Å². The first-order chi connectivity index (χ1) is 5.57. The molecule has 0 rings (SSSR count). The molecule has 0 fully saturated rings. The minimum atomic E-state index is -5.89. The quantitative estimate of drug-likeness (QED) is 0.543. The molecule has 0 aromatic rings. The predicted octanol–water partition coefficient (Wildman–Crippen LogP) is 1.29. The number of rotatable bonds is 3. The Morgan fingerprint density at radius 2 is 1.62 bits per heavy atom. The molecule has 0 saturated heterocycles. The van der Waals surface area contributed by atoms with Crippen molar-refractivity contribution in [1.82, 2.24) is 0 Å². The lowest BCUT2D eigenvalue weighted by atomic mass is 10.3. The highest BCUT2D eigenvalue weighted by atomic mass is 32.2. The fraction of sp³-hybridized carbons (Fsp3) is 1.00. The average Bonchev–Trinajstić information content (AvgIpc) is 1.80. The van der Waals surface area contributed by atoms with Crippen molar-refractivity contribution < 1.29 is 39.3 Å². The van der Waals surface area contributed by atoms with E-state index in [0.717, 1.165) is 0 Å². The molecular formula is C3HF6O3S-. The molecule has 0 amide bonds. The molecule has 0 aliphatic carbocycles. The number of hydrogen-bond acceptors (Lipinski definition) is 3. The Morgan fingerprint density at radius 1 is 1.23 bits per heavy atom. The Morgan fingerprint density at radius 3 is 1.85 bits per heavy atom. The zero-order chi connectivity index (χ0) is 10.9.